The summed E-state index contributed by atoms with van der Waals surface area (Å²) in [6, 6.07) is 3.89. The highest BCUT2D eigenvalue weighted by Crippen LogP contribution is 2.47. The average molecular weight is 667 g/mol. The van der Waals surface area contributed by atoms with E-state index in [0.717, 1.165) is 10.3 Å². The lowest BCUT2D eigenvalue weighted by atomic mass is 10.1. The number of aryl methyl sites for hydroxylation is 1. The van der Waals surface area contributed by atoms with Gasteiger partial charge in [-0.15, -0.1) is 10.2 Å². The lowest BCUT2D eigenvalue weighted by molar-refractivity contribution is -0.129. The second-order valence-electron chi connectivity index (χ2n) is 12.3. The molecule has 1 saturated heterocycles. The van der Waals surface area contributed by atoms with Gasteiger partial charge >= 0.3 is 5.66 Å². The molecule has 0 bridgehead atoms. The van der Waals surface area contributed by atoms with Crippen LogP contribution in [0.2, 0.25) is 25.7 Å². The molecule has 1 saturated carbocycles. The van der Waals surface area contributed by atoms with Crippen LogP contribution in [0.3, 0.4) is 0 Å². The van der Waals surface area contributed by atoms with Crippen LogP contribution in [0.25, 0.3) is 26.4 Å². The molecule has 2 aliphatic rings. The monoisotopic (exact) mass is 666 g/mol. The average Bonchev–Trinajstić information content (AvgIpc) is 3.44. The van der Waals surface area contributed by atoms with Gasteiger partial charge in [-0.05, 0) is 18.2 Å². The Hall–Kier alpha value is -3.04. The van der Waals surface area contributed by atoms with E-state index < -0.39 is 35.2 Å². The maximum absolute atomic E-state index is 14.4. The first-order valence-corrected chi connectivity index (χ1v) is 20.3. The quantitative estimate of drug-likeness (QED) is 0.128. The van der Waals surface area contributed by atoms with Gasteiger partial charge in [0, 0.05) is 60.2 Å². The fourth-order valence-electron chi connectivity index (χ4n) is 5.19. The molecule has 0 spiro atoms. The number of anilines is 1. The zero-order chi connectivity index (χ0) is 32.0. The maximum Gasteiger partial charge on any atom is 0.303 e. The van der Waals surface area contributed by atoms with Crippen LogP contribution in [0, 0.1) is 6.57 Å². The van der Waals surface area contributed by atoms with Gasteiger partial charge in [-0.25, -0.2) is 23.8 Å². The summed E-state index contributed by atoms with van der Waals surface area (Å²) in [7, 11) is -4.02. The van der Waals surface area contributed by atoms with Crippen molar-refractivity contribution < 1.29 is 26.7 Å². The third-order valence-corrected chi connectivity index (χ3v) is 12.4. The smallest absolute Gasteiger partial charge is 0.303 e. The molecule has 2 aromatic heterocycles. The number of benzene rings is 1. The first-order valence-electron chi connectivity index (χ1n) is 14.3. The third-order valence-electron chi connectivity index (χ3n) is 7.95. The lowest BCUT2D eigenvalue weighted by Gasteiger charge is -2.36. The van der Waals surface area contributed by atoms with E-state index in [2.05, 4.69) is 39.8 Å². The summed E-state index contributed by atoms with van der Waals surface area (Å²) < 4.78 is 64.3. The van der Waals surface area contributed by atoms with Crippen molar-refractivity contribution in [1.82, 2.24) is 29.2 Å². The number of rotatable bonds is 11. The first-order chi connectivity index (χ1) is 20.7. The van der Waals surface area contributed by atoms with Crippen LogP contribution in [0.15, 0.2) is 17.0 Å². The van der Waals surface area contributed by atoms with E-state index in [9.17, 15) is 22.0 Å². The molecule has 3 aromatic rings. The Morgan fingerprint density at radius 1 is 1.20 bits per heavy atom. The molecule has 0 radical (unpaired) electrons. The number of sulfonamides is 1. The minimum atomic E-state index is -4.27. The molecule has 1 aliphatic heterocycles. The number of halogens is 2. The van der Waals surface area contributed by atoms with Gasteiger partial charge in [-0.3, -0.25) is 14.3 Å². The van der Waals surface area contributed by atoms with Crippen molar-refractivity contribution in [3.8, 4) is 10.7 Å². The highest BCUT2D eigenvalue weighted by Gasteiger charge is 2.61. The summed E-state index contributed by atoms with van der Waals surface area (Å²) in [5, 5.41) is 12.2. The number of piperazine rings is 1. The number of amides is 1. The van der Waals surface area contributed by atoms with Gasteiger partial charge in [0.25, 0.3) is 16.4 Å². The van der Waals surface area contributed by atoms with Crippen LogP contribution >= 0.6 is 11.3 Å². The van der Waals surface area contributed by atoms with E-state index in [4.69, 9.17) is 11.3 Å². The van der Waals surface area contributed by atoms with Crippen molar-refractivity contribution in [3.05, 3.63) is 28.6 Å². The SMILES string of the molecule is [C-]#[N+]C1(N(COCC[Si](C)(C)C)S(=O)(=O)c2cc(N3CCN(C(C)=O)CC3)c3c(c2)c(-c2nnc(C(F)F)s2)nn3C)CC1. The number of carbonyl (C=O) groups is 1. The van der Waals surface area contributed by atoms with Gasteiger partial charge in [0.05, 0.1) is 28.9 Å². The van der Waals surface area contributed by atoms with Crippen LogP contribution in [0.5, 0.6) is 0 Å². The standard InChI is InChI=1S/C27H36F2N8O4S2Si/c1-18(38)35-9-11-36(12-10-35)21-16-19(15-20-22(33-34(3)23(20)21)25-31-32-26(42-25)24(28)29)43(39,40)37(27(30-2)7-8-27)17-41-13-14-44(4,5)6/h15-16,24H,7-14,17H2,1,3-6H3. The summed E-state index contributed by atoms with van der Waals surface area (Å²) in [6.07, 6.45) is -2.01. The molecule has 1 amide bonds. The van der Waals surface area contributed by atoms with E-state index in [1.165, 1.54) is 13.0 Å². The maximum atomic E-state index is 14.4. The highest BCUT2D eigenvalue weighted by molar-refractivity contribution is 7.89. The van der Waals surface area contributed by atoms with E-state index in [1.54, 1.807) is 22.7 Å². The molecule has 1 aromatic carbocycles. The van der Waals surface area contributed by atoms with E-state index >= 15 is 0 Å². The van der Waals surface area contributed by atoms with Gasteiger partial charge in [0.2, 0.25) is 5.91 Å². The molecule has 0 unspecified atom stereocenters. The summed E-state index contributed by atoms with van der Waals surface area (Å²) in [5.41, 5.74) is 0.171. The van der Waals surface area contributed by atoms with Gasteiger partial charge in [0.1, 0.15) is 12.4 Å². The fourth-order valence-corrected chi connectivity index (χ4v) is 8.31. The van der Waals surface area contributed by atoms with Crippen LogP contribution in [-0.4, -0.2) is 96.8 Å². The Morgan fingerprint density at radius 2 is 1.89 bits per heavy atom. The number of aromatic nitrogens is 4. The normalized spacial score (nSPS) is 17.1. The Kier molecular flexibility index (Phi) is 8.86. The van der Waals surface area contributed by atoms with Gasteiger partial charge in [-0.2, -0.15) is 5.10 Å². The minimum absolute atomic E-state index is 0.0429. The number of carbonyl (C=O) groups excluding carboxylic acids is 1. The Labute approximate surface area is 260 Å². The van der Waals surface area contributed by atoms with E-state index in [0.29, 0.717) is 73.6 Å². The number of fused-ring (bicyclic) bond motifs is 1. The molecule has 3 heterocycles. The summed E-state index contributed by atoms with van der Waals surface area (Å²) >= 11 is 0.698. The van der Waals surface area contributed by atoms with Gasteiger partial charge < -0.3 is 14.5 Å². The largest absolute Gasteiger partial charge is 0.366 e. The Balaban J connectivity index is 1.62. The fraction of sp³-hybridized carbons (Fsp3) is 0.593. The molecule has 0 atom stereocenters. The zero-order valence-electron chi connectivity index (χ0n) is 25.4. The number of nitrogens with zero attached hydrogens (tertiary/aromatic N) is 8. The number of ether oxygens (including phenoxy) is 1. The minimum Gasteiger partial charge on any atom is -0.366 e. The molecule has 1 aliphatic carbocycles. The second-order valence-corrected chi connectivity index (χ2v) is 20.8. The topological polar surface area (TPSA) is 118 Å². The molecule has 44 heavy (non-hydrogen) atoms. The molecule has 17 heteroatoms. The van der Waals surface area contributed by atoms with E-state index in [1.807, 2.05) is 4.90 Å². The lowest BCUT2D eigenvalue weighted by Crippen LogP contribution is -2.48. The molecular formula is C27H36F2N8O4S2Si. The van der Waals surface area contributed by atoms with Crippen molar-refractivity contribution in [3.63, 3.8) is 0 Å². The van der Waals surface area contributed by atoms with Crippen molar-refractivity contribution in [2.45, 2.75) is 62.4 Å². The van der Waals surface area contributed by atoms with Crippen molar-refractivity contribution >= 4 is 51.9 Å². The van der Waals surface area contributed by atoms with Crippen molar-refractivity contribution in [1.29, 1.82) is 0 Å². The predicted molar refractivity (Wildman–Crippen MR) is 166 cm³/mol. The number of hydrogen-bond acceptors (Lipinski definition) is 9. The first kappa shape index (κ1) is 32.4. The predicted octanol–water partition coefficient (Wildman–Crippen LogP) is 4.41. The van der Waals surface area contributed by atoms with Crippen LogP contribution in [0.4, 0.5) is 14.5 Å². The Morgan fingerprint density at radius 3 is 2.43 bits per heavy atom. The zero-order valence-corrected chi connectivity index (χ0v) is 28.0. The Bertz CT molecular complexity index is 1700. The van der Waals surface area contributed by atoms with Crippen LogP contribution < -0.4 is 4.90 Å². The second kappa shape index (κ2) is 12.0. The number of alkyl halides is 2. The van der Waals surface area contributed by atoms with Gasteiger partial charge in [0.15, 0.2) is 10.0 Å². The molecule has 0 N–H and O–H groups in total. The number of hydrogen-bond donors (Lipinski definition) is 0. The van der Waals surface area contributed by atoms with E-state index in [-0.39, 0.29) is 28.2 Å². The third kappa shape index (κ3) is 6.36. The van der Waals surface area contributed by atoms with Crippen LogP contribution in [-0.2, 0) is 26.6 Å². The molecule has 12 nitrogen and oxygen atoms in total. The van der Waals surface area contributed by atoms with Crippen molar-refractivity contribution in [2.75, 3.05) is 44.4 Å². The highest BCUT2D eigenvalue weighted by atomic mass is 32.2. The van der Waals surface area contributed by atoms with Gasteiger partial charge in [-0.1, -0.05) is 35.3 Å². The molecule has 5 rings (SSSR count). The summed E-state index contributed by atoms with van der Waals surface area (Å²) in [6.45, 7) is 17.9. The summed E-state index contributed by atoms with van der Waals surface area (Å²) in [4.78, 5) is 19.3. The molecule has 238 valence electrons. The summed E-state index contributed by atoms with van der Waals surface area (Å²) in [5.74, 6) is -0.0429. The van der Waals surface area contributed by atoms with Crippen LogP contribution in [0.1, 0.15) is 31.2 Å². The van der Waals surface area contributed by atoms with Crippen molar-refractivity contribution in [2.24, 2.45) is 7.05 Å². The molecule has 2 fully saturated rings. The molecular weight excluding hydrogens is 631 g/mol.